The minimum absolute atomic E-state index is 0.115. The molecule has 1 saturated heterocycles. The Kier molecular flexibility index (Phi) is 6.51. The van der Waals surface area contributed by atoms with Crippen LogP contribution < -0.4 is 5.43 Å². The highest BCUT2D eigenvalue weighted by molar-refractivity contribution is 5.88. The van der Waals surface area contributed by atoms with Crippen molar-refractivity contribution in [1.82, 2.24) is 10.4 Å². The Labute approximate surface area is 122 Å². The third-order valence-corrected chi connectivity index (χ3v) is 4.45. The van der Waals surface area contributed by atoms with Crippen LogP contribution in [0.1, 0.15) is 77.0 Å². The molecule has 1 atom stereocenters. The number of nitrogens with zero attached hydrogens (tertiary/aromatic N) is 1. The van der Waals surface area contributed by atoms with Crippen LogP contribution in [0.4, 0.5) is 0 Å². The van der Waals surface area contributed by atoms with Crippen LogP contribution in [0.2, 0.25) is 0 Å². The number of carbonyl (C=O) groups excluding carboxylic acids is 2. The summed E-state index contributed by atoms with van der Waals surface area (Å²) in [6.45, 7) is 0.815. The molecule has 4 heteroatoms. The molecule has 2 fully saturated rings. The predicted molar refractivity (Wildman–Crippen MR) is 79.0 cm³/mol. The van der Waals surface area contributed by atoms with Gasteiger partial charge in [0.2, 0.25) is 5.91 Å². The lowest BCUT2D eigenvalue weighted by Gasteiger charge is -2.31. The number of rotatable bonds is 1. The van der Waals surface area contributed by atoms with E-state index >= 15 is 0 Å². The van der Waals surface area contributed by atoms with E-state index in [2.05, 4.69) is 5.43 Å². The molecule has 114 valence electrons. The lowest BCUT2D eigenvalue weighted by atomic mass is 10.0. The fourth-order valence-electron chi connectivity index (χ4n) is 3.21. The van der Waals surface area contributed by atoms with Gasteiger partial charge in [-0.2, -0.15) is 0 Å². The second-order valence-corrected chi connectivity index (χ2v) is 6.12. The highest BCUT2D eigenvalue weighted by Crippen LogP contribution is 2.20. The van der Waals surface area contributed by atoms with Crippen LogP contribution in [0, 0.1) is 0 Å². The van der Waals surface area contributed by atoms with Gasteiger partial charge in [-0.25, -0.2) is 5.43 Å². The summed E-state index contributed by atoms with van der Waals surface area (Å²) in [5.74, 6) is 0.372. The van der Waals surface area contributed by atoms with Crippen LogP contribution in [-0.2, 0) is 9.59 Å². The van der Waals surface area contributed by atoms with Crippen LogP contribution in [0.25, 0.3) is 0 Å². The second kappa shape index (κ2) is 8.40. The summed E-state index contributed by atoms with van der Waals surface area (Å²) >= 11 is 0. The Morgan fingerprint density at radius 1 is 0.800 bits per heavy atom. The van der Waals surface area contributed by atoms with Gasteiger partial charge in [0.05, 0.1) is 0 Å². The number of amides is 1. The Bertz CT molecular complexity index is 298. The first-order valence-electron chi connectivity index (χ1n) is 8.37. The molecule has 1 saturated carbocycles. The molecule has 1 amide bonds. The maximum atomic E-state index is 12.4. The van der Waals surface area contributed by atoms with Gasteiger partial charge in [-0.1, -0.05) is 38.5 Å². The van der Waals surface area contributed by atoms with Crippen LogP contribution in [-0.4, -0.2) is 29.3 Å². The van der Waals surface area contributed by atoms with Gasteiger partial charge in [-0.05, 0) is 25.7 Å². The number of carbonyl (C=O) groups is 2. The van der Waals surface area contributed by atoms with Crippen LogP contribution in [0.15, 0.2) is 0 Å². The lowest BCUT2D eigenvalue weighted by Crippen LogP contribution is -2.52. The van der Waals surface area contributed by atoms with Crippen LogP contribution in [0.5, 0.6) is 0 Å². The topological polar surface area (TPSA) is 49.4 Å². The summed E-state index contributed by atoms with van der Waals surface area (Å²) in [5, 5.41) is 1.69. The van der Waals surface area contributed by atoms with E-state index in [4.69, 9.17) is 0 Å². The molecule has 0 spiro atoms. The molecule has 1 heterocycles. The third kappa shape index (κ3) is 4.58. The summed E-state index contributed by atoms with van der Waals surface area (Å²) in [6.07, 6.45) is 12.0. The molecule has 4 nitrogen and oxygen atoms in total. The number of Topliss-reactive ketones (excluding diaryl/α,β-unsaturated/α-hetero) is 1. The van der Waals surface area contributed by atoms with Gasteiger partial charge in [0.1, 0.15) is 6.04 Å². The molecule has 0 aromatic rings. The van der Waals surface area contributed by atoms with Crippen LogP contribution in [0.3, 0.4) is 0 Å². The molecule has 2 aliphatic rings. The van der Waals surface area contributed by atoms with E-state index in [1.54, 1.807) is 5.01 Å². The zero-order valence-electron chi connectivity index (χ0n) is 12.5. The van der Waals surface area contributed by atoms with Crippen molar-refractivity contribution < 1.29 is 9.59 Å². The summed E-state index contributed by atoms with van der Waals surface area (Å²) in [7, 11) is 0. The van der Waals surface area contributed by atoms with E-state index in [1.807, 2.05) is 0 Å². The van der Waals surface area contributed by atoms with Gasteiger partial charge in [-0.3, -0.25) is 14.6 Å². The van der Waals surface area contributed by atoms with Crippen molar-refractivity contribution in [2.75, 3.05) is 6.54 Å². The molecule has 1 N–H and O–H groups in total. The molecular weight excluding hydrogens is 252 g/mol. The molecule has 0 bridgehead atoms. The number of ketones is 1. The van der Waals surface area contributed by atoms with Gasteiger partial charge in [0.15, 0.2) is 5.78 Å². The van der Waals surface area contributed by atoms with Gasteiger partial charge < -0.3 is 0 Å². The smallest absolute Gasteiger partial charge is 0.237 e. The molecule has 1 aliphatic heterocycles. The lowest BCUT2D eigenvalue weighted by molar-refractivity contribution is -0.143. The van der Waals surface area contributed by atoms with Crippen molar-refractivity contribution in [3.63, 3.8) is 0 Å². The highest BCUT2D eigenvalue weighted by atomic mass is 16.2. The maximum Gasteiger partial charge on any atom is 0.237 e. The van der Waals surface area contributed by atoms with Crippen molar-refractivity contribution in [1.29, 1.82) is 0 Å². The fraction of sp³-hybridized carbons (Fsp3) is 0.875. The number of hydrogen-bond donors (Lipinski definition) is 1. The highest BCUT2D eigenvalue weighted by Gasteiger charge is 2.29. The zero-order valence-corrected chi connectivity index (χ0v) is 12.5. The van der Waals surface area contributed by atoms with Crippen molar-refractivity contribution >= 4 is 11.7 Å². The summed E-state index contributed by atoms with van der Waals surface area (Å²) in [4.78, 5) is 24.8. The van der Waals surface area contributed by atoms with Crippen molar-refractivity contribution in [2.45, 2.75) is 83.1 Å². The van der Waals surface area contributed by atoms with Crippen molar-refractivity contribution in [3.8, 4) is 0 Å². The first-order valence-corrected chi connectivity index (χ1v) is 8.37. The van der Waals surface area contributed by atoms with Crippen LogP contribution >= 0.6 is 0 Å². The monoisotopic (exact) mass is 280 g/mol. The first kappa shape index (κ1) is 15.5. The van der Waals surface area contributed by atoms with E-state index in [-0.39, 0.29) is 17.7 Å². The average molecular weight is 280 g/mol. The Hall–Kier alpha value is -0.900. The summed E-state index contributed by atoms with van der Waals surface area (Å²) < 4.78 is 0. The molecular formula is C16H28N2O2. The molecule has 20 heavy (non-hydrogen) atoms. The minimum Gasteiger partial charge on any atom is -0.297 e. The van der Waals surface area contributed by atoms with Crippen molar-refractivity contribution in [2.24, 2.45) is 0 Å². The SMILES string of the molecule is O=C1CCCCCCCC1N1NCCCCCCC1=O. The van der Waals surface area contributed by atoms with Gasteiger partial charge >= 0.3 is 0 Å². The molecule has 0 radical (unpaired) electrons. The average Bonchev–Trinajstić information content (AvgIpc) is 2.60. The number of nitrogens with one attached hydrogen (secondary N) is 1. The summed E-state index contributed by atoms with van der Waals surface area (Å²) in [6, 6.07) is -0.223. The van der Waals surface area contributed by atoms with E-state index in [9.17, 15) is 9.59 Å². The number of hydrogen-bond acceptors (Lipinski definition) is 3. The largest absolute Gasteiger partial charge is 0.297 e. The normalized spacial score (nSPS) is 27.8. The fourth-order valence-corrected chi connectivity index (χ4v) is 3.21. The molecule has 1 unspecified atom stereocenters. The van der Waals surface area contributed by atoms with Crippen molar-refractivity contribution in [3.05, 3.63) is 0 Å². The van der Waals surface area contributed by atoms with E-state index < -0.39 is 0 Å². The van der Waals surface area contributed by atoms with Gasteiger partial charge in [0, 0.05) is 19.4 Å². The Morgan fingerprint density at radius 2 is 1.45 bits per heavy atom. The predicted octanol–water partition coefficient (Wildman–Crippen LogP) is 2.97. The van der Waals surface area contributed by atoms with E-state index in [1.165, 1.54) is 19.3 Å². The Morgan fingerprint density at radius 3 is 2.30 bits per heavy atom. The molecule has 0 aromatic carbocycles. The first-order chi connectivity index (χ1) is 9.79. The van der Waals surface area contributed by atoms with Gasteiger partial charge in [0.25, 0.3) is 0 Å². The molecule has 0 aromatic heterocycles. The molecule has 2 rings (SSSR count). The summed E-state index contributed by atoms with van der Waals surface area (Å²) in [5.41, 5.74) is 3.24. The maximum absolute atomic E-state index is 12.4. The Balaban J connectivity index is 2.05. The quantitative estimate of drug-likeness (QED) is 0.803. The molecule has 1 aliphatic carbocycles. The minimum atomic E-state index is -0.223. The second-order valence-electron chi connectivity index (χ2n) is 6.12. The standard InChI is InChI=1S/C16H28N2O2/c19-15-11-7-3-1-2-6-10-14(15)18-16(20)12-8-4-5-9-13-17-18/h14,17H,1-13H2. The van der Waals surface area contributed by atoms with E-state index in [0.29, 0.717) is 12.8 Å². The number of hydrazine groups is 1. The van der Waals surface area contributed by atoms with Gasteiger partial charge in [-0.15, -0.1) is 0 Å². The zero-order chi connectivity index (χ0) is 14.2. The third-order valence-electron chi connectivity index (χ3n) is 4.45. The van der Waals surface area contributed by atoms with E-state index in [0.717, 1.165) is 51.5 Å².